The Bertz CT molecular complexity index is 300. The molecule has 0 heterocycles. The molecule has 0 aliphatic rings. The molecule has 13 heavy (non-hydrogen) atoms. The third kappa shape index (κ3) is 2.53. The molecule has 1 rings (SSSR count). The van der Waals surface area contributed by atoms with Crippen molar-refractivity contribution < 1.29 is 22.8 Å². The molecule has 1 aromatic carbocycles. The van der Waals surface area contributed by atoms with Crippen LogP contribution in [0.4, 0.5) is 13.2 Å². The second-order valence-corrected chi connectivity index (χ2v) is 3.68. The zero-order valence-corrected chi connectivity index (χ0v) is 7.02. The molecule has 0 saturated heterocycles. The minimum absolute atomic E-state index is 0.338. The van der Waals surface area contributed by atoms with E-state index in [1.807, 2.05) is 0 Å². The van der Waals surface area contributed by atoms with E-state index in [2.05, 4.69) is 0 Å². The summed E-state index contributed by atoms with van der Waals surface area (Å²) in [7, 11) is 0. The van der Waals surface area contributed by atoms with Gasteiger partial charge in [-0.3, -0.25) is 0 Å². The van der Waals surface area contributed by atoms with Crippen LogP contribution in [0.5, 0.6) is 5.75 Å². The number of hydrogen-bond acceptors (Lipinski definition) is 2. The summed E-state index contributed by atoms with van der Waals surface area (Å²) in [6.45, 7) is 0. The molecule has 6 heteroatoms. The number of hydrogen-bond donors (Lipinski definition) is 1. The van der Waals surface area contributed by atoms with Gasteiger partial charge in [-0.2, -0.15) is 0 Å². The van der Waals surface area contributed by atoms with Crippen LogP contribution in [0.3, 0.4) is 0 Å². The Labute approximate surface area is 75.2 Å². The van der Waals surface area contributed by atoms with Gasteiger partial charge in [-0.15, -0.1) is 13.2 Å². The van der Waals surface area contributed by atoms with Gasteiger partial charge >= 0.3 is 5.51 Å². The molecule has 0 saturated carbocycles. The zero-order valence-electron chi connectivity index (χ0n) is 6.21. The summed E-state index contributed by atoms with van der Waals surface area (Å²) in [5, 5.41) is 8.83. The third-order valence-electron chi connectivity index (χ3n) is 1.24. The van der Waals surface area contributed by atoms with Crippen molar-refractivity contribution in [3.63, 3.8) is 0 Å². The van der Waals surface area contributed by atoms with Gasteiger partial charge in [0.2, 0.25) is 0 Å². The molecule has 1 N–H and O–H groups in total. The van der Waals surface area contributed by atoms with Crippen LogP contribution in [0.1, 0.15) is 0 Å². The first-order chi connectivity index (χ1) is 5.91. The van der Waals surface area contributed by atoms with E-state index in [-0.39, 0.29) is 5.75 Å². The lowest BCUT2D eigenvalue weighted by atomic mass is 10.3. The smallest absolute Gasteiger partial charge is 0.578 e. The van der Waals surface area contributed by atoms with E-state index in [0.29, 0.717) is 0 Å². The van der Waals surface area contributed by atoms with Crippen LogP contribution < -0.4 is 0 Å². The molecule has 0 spiro atoms. The van der Waals surface area contributed by atoms with Gasteiger partial charge in [-0.1, -0.05) is 6.07 Å². The van der Waals surface area contributed by atoms with E-state index in [1.54, 1.807) is 0 Å². The van der Waals surface area contributed by atoms with Crippen LogP contribution in [0.2, 0.25) is 0 Å². The molecule has 1 aromatic rings. The van der Waals surface area contributed by atoms with Gasteiger partial charge in [-0.05, 0) is 12.1 Å². The fraction of sp³-hybridized carbons (Fsp3) is 0.143. The average molecular weight is 210 g/mol. The lowest BCUT2D eigenvalue weighted by Crippen LogP contribution is -2.23. The highest BCUT2D eigenvalue weighted by Gasteiger charge is 2.46. The van der Waals surface area contributed by atoms with Crippen molar-refractivity contribution in [3.05, 3.63) is 24.3 Å². The first kappa shape index (κ1) is 10.2. The van der Waals surface area contributed by atoms with Gasteiger partial charge in [0.05, 0.1) is 11.2 Å². The maximum Gasteiger partial charge on any atom is 0.578 e. The lowest BCUT2D eigenvalue weighted by Gasteiger charge is -2.11. The fourth-order valence-electron chi connectivity index (χ4n) is 0.732. The van der Waals surface area contributed by atoms with Crippen molar-refractivity contribution in [1.82, 2.24) is 0 Å². The number of alkyl halides is 3. The minimum atomic E-state index is -4.78. The van der Waals surface area contributed by atoms with Crippen LogP contribution in [0.25, 0.3) is 0 Å². The Kier molecular flexibility index (Phi) is 2.72. The third-order valence-corrected chi connectivity index (χ3v) is 2.34. The quantitative estimate of drug-likeness (QED) is 0.720. The van der Waals surface area contributed by atoms with Crippen molar-refractivity contribution in [3.8, 4) is 5.75 Å². The maximum atomic E-state index is 11.9. The van der Waals surface area contributed by atoms with Gasteiger partial charge in [0.15, 0.2) is 4.90 Å². The first-order valence-electron chi connectivity index (χ1n) is 3.19. The monoisotopic (exact) mass is 210 g/mol. The fourth-order valence-corrected chi connectivity index (χ4v) is 1.43. The van der Waals surface area contributed by atoms with Gasteiger partial charge in [-0.25, -0.2) is 0 Å². The van der Waals surface area contributed by atoms with Crippen molar-refractivity contribution in [2.24, 2.45) is 0 Å². The number of phenolic OH excluding ortho intramolecular Hbond substituents is 1. The van der Waals surface area contributed by atoms with E-state index in [0.717, 1.165) is 12.1 Å². The highest BCUT2D eigenvalue weighted by molar-refractivity contribution is 7.92. The molecule has 1 unspecified atom stereocenters. The van der Waals surface area contributed by atoms with Gasteiger partial charge in [0.1, 0.15) is 5.75 Å². The van der Waals surface area contributed by atoms with Gasteiger partial charge < -0.3 is 9.66 Å². The van der Waals surface area contributed by atoms with Crippen LogP contribution in [0, 0.1) is 0 Å². The van der Waals surface area contributed by atoms with Crippen molar-refractivity contribution in [2.45, 2.75) is 10.4 Å². The molecular weight excluding hydrogens is 205 g/mol. The van der Waals surface area contributed by atoms with Crippen LogP contribution in [-0.4, -0.2) is 15.2 Å². The SMILES string of the molecule is [O-][S+](c1cccc(O)c1)C(F)(F)F. The summed E-state index contributed by atoms with van der Waals surface area (Å²) in [5.41, 5.74) is -4.78. The Morgan fingerprint density at radius 3 is 2.38 bits per heavy atom. The summed E-state index contributed by atoms with van der Waals surface area (Å²) < 4.78 is 46.3. The molecule has 0 fully saturated rings. The molecule has 0 aliphatic carbocycles. The second-order valence-electron chi connectivity index (χ2n) is 2.21. The summed E-state index contributed by atoms with van der Waals surface area (Å²) in [6, 6.07) is 4.28. The summed E-state index contributed by atoms with van der Waals surface area (Å²) in [6.07, 6.45) is 0. The number of phenols is 1. The van der Waals surface area contributed by atoms with E-state index >= 15 is 0 Å². The Balaban J connectivity index is 2.96. The largest absolute Gasteiger partial charge is 0.604 e. The number of rotatable bonds is 1. The van der Waals surface area contributed by atoms with Crippen LogP contribution >= 0.6 is 0 Å². The minimum Gasteiger partial charge on any atom is -0.604 e. The summed E-state index contributed by atoms with van der Waals surface area (Å²) >= 11 is -3.07. The van der Waals surface area contributed by atoms with E-state index < -0.39 is 21.6 Å². The number of aromatic hydroxyl groups is 1. The Morgan fingerprint density at radius 2 is 1.92 bits per heavy atom. The van der Waals surface area contributed by atoms with Gasteiger partial charge in [0.25, 0.3) is 0 Å². The molecule has 1 atom stereocenters. The Morgan fingerprint density at radius 1 is 1.31 bits per heavy atom. The van der Waals surface area contributed by atoms with Crippen LogP contribution in [-0.2, 0) is 11.2 Å². The number of benzene rings is 1. The number of halogens is 3. The van der Waals surface area contributed by atoms with Gasteiger partial charge in [0, 0.05) is 6.07 Å². The van der Waals surface area contributed by atoms with E-state index in [4.69, 9.17) is 5.11 Å². The molecule has 0 amide bonds. The molecule has 2 nitrogen and oxygen atoms in total. The molecule has 72 valence electrons. The average Bonchev–Trinajstić information content (AvgIpc) is 2.01. The maximum absolute atomic E-state index is 11.9. The van der Waals surface area contributed by atoms with Crippen molar-refractivity contribution in [2.75, 3.05) is 0 Å². The molecular formula is C7H5F3O2S. The first-order valence-corrected chi connectivity index (χ1v) is 4.34. The van der Waals surface area contributed by atoms with Crippen molar-refractivity contribution >= 4 is 11.2 Å². The normalized spacial score (nSPS) is 14.2. The Hall–Kier alpha value is -0.880. The molecule has 0 radical (unpaired) electrons. The zero-order chi connectivity index (χ0) is 10.1. The summed E-state index contributed by atoms with van der Waals surface area (Å²) in [4.78, 5) is -0.451. The van der Waals surface area contributed by atoms with E-state index in [1.165, 1.54) is 12.1 Å². The standard InChI is InChI=1S/C7H5F3O2S/c8-7(9,10)13(12)6-3-1-2-5(11)4-6/h1-4,11H. The lowest BCUT2D eigenvalue weighted by molar-refractivity contribution is -0.0435. The topological polar surface area (TPSA) is 43.3 Å². The molecule has 0 bridgehead atoms. The van der Waals surface area contributed by atoms with Crippen molar-refractivity contribution in [1.29, 1.82) is 0 Å². The highest BCUT2D eigenvalue weighted by atomic mass is 32.2. The predicted octanol–water partition coefficient (Wildman–Crippen LogP) is 2.02. The van der Waals surface area contributed by atoms with Crippen LogP contribution in [0.15, 0.2) is 29.2 Å². The van der Waals surface area contributed by atoms with E-state index in [9.17, 15) is 17.7 Å². The predicted molar refractivity (Wildman–Crippen MR) is 40.6 cm³/mol. The second kappa shape index (κ2) is 3.47. The summed E-state index contributed by atoms with van der Waals surface area (Å²) in [5.74, 6) is -0.338. The molecule has 0 aromatic heterocycles. The highest BCUT2D eigenvalue weighted by Crippen LogP contribution is 2.31. The molecule has 0 aliphatic heterocycles.